The van der Waals surface area contributed by atoms with E-state index in [9.17, 15) is 24.6 Å². The number of benzene rings is 6. The third-order valence-electron chi connectivity index (χ3n) is 11.0. The lowest BCUT2D eigenvalue weighted by Gasteiger charge is -2.25. The molecule has 330 valence electrons. The molecule has 0 heterocycles. The largest absolute Gasteiger partial charge is 0.481 e. The summed E-state index contributed by atoms with van der Waals surface area (Å²) in [5.41, 5.74) is 10.0. The van der Waals surface area contributed by atoms with Gasteiger partial charge in [-0.1, -0.05) is 135 Å². The van der Waals surface area contributed by atoms with Gasteiger partial charge in [-0.3, -0.25) is 14.4 Å². The molecular formula is C54H60O6S3. The minimum atomic E-state index is -0.838. The molecule has 3 N–H and O–H groups in total. The summed E-state index contributed by atoms with van der Waals surface area (Å²) < 4.78 is 0. The molecule has 63 heavy (non-hydrogen) atoms. The highest BCUT2D eigenvalue weighted by molar-refractivity contribution is 8.00. The molecular weight excluding hydrogens is 841 g/mol. The second-order valence-corrected chi connectivity index (χ2v) is 19.3. The van der Waals surface area contributed by atoms with Crippen molar-refractivity contribution in [2.45, 2.75) is 111 Å². The van der Waals surface area contributed by atoms with Crippen molar-refractivity contribution in [2.75, 3.05) is 0 Å². The number of hydrogen-bond acceptors (Lipinski definition) is 6. The van der Waals surface area contributed by atoms with Crippen LogP contribution in [0.15, 0.2) is 157 Å². The number of carboxylic acids is 3. The van der Waals surface area contributed by atoms with Crippen LogP contribution in [-0.4, -0.2) is 33.2 Å². The van der Waals surface area contributed by atoms with Crippen molar-refractivity contribution in [3.05, 3.63) is 177 Å². The van der Waals surface area contributed by atoms with Gasteiger partial charge >= 0.3 is 17.9 Å². The molecule has 0 saturated carbocycles. The Hall–Kier alpha value is -5.22. The Morgan fingerprint density at radius 1 is 0.397 bits per heavy atom. The Morgan fingerprint density at radius 3 is 1.17 bits per heavy atom. The van der Waals surface area contributed by atoms with Gasteiger partial charge in [-0.05, 0) is 159 Å². The number of aryl methyl sites for hydroxylation is 2. The molecule has 9 heteroatoms. The van der Waals surface area contributed by atoms with Crippen molar-refractivity contribution < 1.29 is 29.7 Å². The van der Waals surface area contributed by atoms with Gasteiger partial charge in [0.25, 0.3) is 0 Å². The highest BCUT2D eigenvalue weighted by Crippen LogP contribution is 2.42. The van der Waals surface area contributed by atoms with Crippen molar-refractivity contribution in [2.24, 2.45) is 17.8 Å². The number of carbonyl (C=O) groups is 3. The molecule has 0 aliphatic rings. The van der Waals surface area contributed by atoms with E-state index in [1.165, 1.54) is 36.3 Å². The van der Waals surface area contributed by atoms with Gasteiger partial charge in [0.05, 0.1) is 17.8 Å². The smallest absolute Gasteiger partial charge is 0.306 e. The molecule has 6 aromatic rings. The fraction of sp³-hybridized carbons (Fsp3) is 0.278. The average Bonchev–Trinajstić information content (AvgIpc) is 3.27. The standard InChI is InChI=1S/C26H34O4S.C16H16O2S.C12H10S/c1-13-9-10-14(2)23(17(13)5)31-24-19(7)18(6)21(11-15(3)25(27)28)22(20(24)8)12-16(4)26(29)30;1-12(16(17)18)11-13-7-9-15(10-8-13)19-14-5-3-2-4-6-14;1-3-7-11(8-4-1)13-12-9-5-2-6-10-12/h9-10,15-16H,11-12H2,1-8H3,(H,27,28)(H,29,30);2-10,12H,11H2,1H3,(H,17,18);1-10H. The Labute approximate surface area is 387 Å². The highest BCUT2D eigenvalue weighted by Gasteiger charge is 2.25. The quantitative estimate of drug-likeness (QED) is 0.0927. The molecule has 3 unspecified atom stereocenters. The van der Waals surface area contributed by atoms with Crippen LogP contribution in [0.3, 0.4) is 0 Å². The van der Waals surface area contributed by atoms with E-state index in [1.54, 1.807) is 56.1 Å². The van der Waals surface area contributed by atoms with Gasteiger partial charge in [-0.2, -0.15) is 0 Å². The van der Waals surface area contributed by atoms with Crippen LogP contribution in [0.5, 0.6) is 0 Å². The molecule has 0 aliphatic carbocycles. The van der Waals surface area contributed by atoms with E-state index in [0.717, 1.165) is 43.2 Å². The fourth-order valence-electron chi connectivity index (χ4n) is 6.82. The van der Waals surface area contributed by atoms with Crippen LogP contribution in [0.25, 0.3) is 0 Å². The number of carboxylic acid groups (broad SMARTS) is 3. The molecule has 6 aromatic carbocycles. The van der Waals surface area contributed by atoms with Gasteiger partial charge < -0.3 is 15.3 Å². The van der Waals surface area contributed by atoms with E-state index in [4.69, 9.17) is 5.11 Å². The molecule has 6 nitrogen and oxygen atoms in total. The first kappa shape index (κ1) is 50.4. The van der Waals surface area contributed by atoms with Gasteiger partial charge in [0.1, 0.15) is 0 Å². The van der Waals surface area contributed by atoms with E-state index in [2.05, 4.69) is 100 Å². The van der Waals surface area contributed by atoms with Crippen LogP contribution in [0.2, 0.25) is 0 Å². The number of hydrogen-bond donors (Lipinski definition) is 3. The lowest BCUT2D eigenvalue weighted by Crippen LogP contribution is -2.19. The van der Waals surface area contributed by atoms with E-state index in [-0.39, 0.29) is 5.92 Å². The monoisotopic (exact) mass is 900 g/mol. The molecule has 6 rings (SSSR count). The topological polar surface area (TPSA) is 112 Å². The van der Waals surface area contributed by atoms with E-state index >= 15 is 0 Å². The van der Waals surface area contributed by atoms with E-state index in [0.29, 0.717) is 19.3 Å². The van der Waals surface area contributed by atoms with Crippen molar-refractivity contribution in [3.63, 3.8) is 0 Å². The maximum Gasteiger partial charge on any atom is 0.306 e. The first-order chi connectivity index (χ1) is 30.0. The van der Waals surface area contributed by atoms with Gasteiger partial charge in [0, 0.05) is 29.4 Å². The minimum absolute atomic E-state index is 0.340. The zero-order valence-electron chi connectivity index (χ0n) is 37.8. The maximum atomic E-state index is 11.6. The molecule has 0 saturated heterocycles. The Bertz CT molecular complexity index is 2400. The second-order valence-electron chi connectivity index (χ2n) is 16.0. The summed E-state index contributed by atoms with van der Waals surface area (Å²) in [6.45, 7) is 17.7. The third kappa shape index (κ3) is 15.2. The average molecular weight is 901 g/mol. The summed E-state index contributed by atoms with van der Waals surface area (Å²) in [5, 5.41) is 27.9. The first-order valence-corrected chi connectivity index (χ1v) is 23.6. The van der Waals surface area contributed by atoms with Crippen molar-refractivity contribution in [3.8, 4) is 0 Å². The third-order valence-corrected chi connectivity index (χ3v) is 14.7. The molecule has 0 radical (unpaired) electrons. The summed E-state index contributed by atoms with van der Waals surface area (Å²) in [5.74, 6) is -3.84. The van der Waals surface area contributed by atoms with Crippen molar-refractivity contribution in [1.29, 1.82) is 0 Å². The summed E-state index contributed by atoms with van der Waals surface area (Å²) in [4.78, 5) is 41.3. The molecule has 0 fully saturated rings. The van der Waals surface area contributed by atoms with Crippen LogP contribution >= 0.6 is 35.3 Å². The Kier molecular flexibility index (Phi) is 19.7. The first-order valence-electron chi connectivity index (χ1n) is 21.1. The molecule has 0 aliphatic heterocycles. The molecule has 0 amide bonds. The lowest BCUT2D eigenvalue weighted by atomic mass is 9.84. The zero-order chi connectivity index (χ0) is 46.2. The molecule has 0 aromatic heterocycles. The van der Waals surface area contributed by atoms with Crippen molar-refractivity contribution in [1.82, 2.24) is 0 Å². The lowest BCUT2D eigenvalue weighted by molar-refractivity contribution is -0.142. The second kappa shape index (κ2) is 24.6. The summed E-state index contributed by atoms with van der Waals surface area (Å²) in [6, 6.07) is 43.4. The van der Waals surface area contributed by atoms with E-state index < -0.39 is 29.7 Å². The minimum Gasteiger partial charge on any atom is -0.481 e. The van der Waals surface area contributed by atoms with Crippen LogP contribution in [0.1, 0.15) is 70.8 Å². The fourth-order valence-corrected chi connectivity index (χ4v) is 9.84. The molecule has 3 atom stereocenters. The SMILES string of the molecule is CC(Cc1ccc(Sc2ccccc2)cc1)C(=O)O.Cc1ccc(C)c(Sc2c(C)c(C)c(CC(C)C(=O)O)c(CC(C)C(=O)O)c2C)c1C.c1ccc(Sc2ccccc2)cc1. The summed E-state index contributed by atoms with van der Waals surface area (Å²) in [6.07, 6.45) is 1.37. The Balaban J connectivity index is 0.000000229. The van der Waals surface area contributed by atoms with E-state index in [1.807, 2.05) is 68.4 Å². The predicted octanol–water partition coefficient (Wildman–Crippen LogP) is 14.2. The van der Waals surface area contributed by atoms with Crippen LogP contribution in [-0.2, 0) is 33.6 Å². The van der Waals surface area contributed by atoms with Crippen LogP contribution in [0.4, 0.5) is 0 Å². The normalized spacial score (nSPS) is 12.1. The number of aliphatic carboxylic acids is 3. The van der Waals surface area contributed by atoms with Gasteiger partial charge in [-0.15, -0.1) is 0 Å². The van der Waals surface area contributed by atoms with Gasteiger partial charge in [0.15, 0.2) is 0 Å². The number of rotatable bonds is 15. The molecule has 0 bridgehead atoms. The van der Waals surface area contributed by atoms with Crippen molar-refractivity contribution >= 4 is 53.2 Å². The van der Waals surface area contributed by atoms with Gasteiger partial charge in [0.2, 0.25) is 0 Å². The highest BCUT2D eigenvalue weighted by atomic mass is 32.2. The zero-order valence-corrected chi connectivity index (χ0v) is 40.2. The summed E-state index contributed by atoms with van der Waals surface area (Å²) >= 11 is 5.23. The maximum absolute atomic E-state index is 11.6. The Morgan fingerprint density at radius 2 is 0.762 bits per heavy atom. The predicted molar refractivity (Wildman–Crippen MR) is 261 cm³/mol. The summed E-state index contributed by atoms with van der Waals surface area (Å²) in [7, 11) is 0. The van der Waals surface area contributed by atoms with Crippen LogP contribution in [0, 0.1) is 59.3 Å². The van der Waals surface area contributed by atoms with Crippen LogP contribution < -0.4 is 0 Å². The molecule has 0 spiro atoms. The van der Waals surface area contributed by atoms with Gasteiger partial charge in [-0.25, -0.2) is 0 Å².